The van der Waals surface area contributed by atoms with Gasteiger partial charge < -0.3 is 26.6 Å². The van der Waals surface area contributed by atoms with E-state index in [4.69, 9.17) is 5.73 Å². The standard InChI is InChI=1S/C22H18F3N3O4/c23-22(24,25)13-6-8-18(27-17-7-5-12(11-26)9-15(17)21(31)32)19(10-13)28-16-4-2-1-3-14(16)20(29)30/h1-10,27-28H,11,26H2,(H,29,30)(H,31,32). The quantitative estimate of drug-likeness (QED) is 0.345. The zero-order valence-corrected chi connectivity index (χ0v) is 16.4. The number of alkyl halides is 3. The van der Waals surface area contributed by atoms with Gasteiger partial charge >= 0.3 is 18.1 Å². The topological polar surface area (TPSA) is 125 Å². The molecule has 0 heterocycles. The highest BCUT2D eigenvalue weighted by Gasteiger charge is 2.31. The van der Waals surface area contributed by atoms with Crippen LogP contribution in [0, 0.1) is 0 Å². The summed E-state index contributed by atoms with van der Waals surface area (Å²) in [5, 5.41) is 24.4. The first-order valence-corrected chi connectivity index (χ1v) is 9.24. The second kappa shape index (κ2) is 8.98. The van der Waals surface area contributed by atoms with Crippen LogP contribution in [0.3, 0.4) is 0 Å². The zero-order chi connectivity index (χ0) is 23.5. The number of hydrogen-bond donors (Lipinski definition) is 5. The molecule has 0 aliphatic rings. The lowest BCUT2D eigenvalue weighted by Gasteiger charge is -2.18. The molecule has 0 fully saturated rings. The molecule has 0 aliphatic heterocycles. The molecular weight excluding hydrogens is 427 g/mol. The number of hydrogen-bond acceptors (Lipinski definition) is 5. The third-order valence-electron chi connectivity index (χ3n) is 4.59. The van der Waals surface area contributed by atoms with Crippen LogP contribution < -0.4 is 16.4 Å². The Labute approximate surface area is 180 Å². The summed E-state index contributed by atoms with van der Waals surface area (Å²) in [6, 6.07) is 12.9. The molecule has 6 N–H and O–H groups in total. The molecule has 3 aromatic carbocycles. The monoisotopic (exact) mass is 445 g/mol. The van der Waals surface area contributed by atoms with Gasteiger partial charge in [-0.2, -0.15) is 13.2 Å². The summed E-state index contributed by atoms with van der Waals surface area (Å²) >= 11 is 0. The minimum absolute atomic E-state index is 0.0688. The number of carbonyl (C=O) groups is 2. The Kier molecular flexibility index (Phi) is 6.35. The van der Waals surface area contributed by atoms with Crippen LogP contribution in [0.2, 0.25) is 0 Å². The Morgan fingerprint density at radius 2 is 1.38 bits per heavy atom. The molecule has 166 valence electrons. The van der Waals surface area contributed by atoms with Crippen LogP contribution in [0.1, 0.15) is 31.8 Å². The number of anilines is 4. The summed E-state index contributed by atoms with van der Waals surface area (Å²) < 4.78 is 39.9. The molecule has 0 aromatic heterocycles. The van der Waals surface area contributed by atoms with Crippen LogP contribution in [0.15, 0.2) is 60.7 Å². The van der Waals surface area contributed by atoms with Crippen LogP contribution in [0.25, 0.3) is 0 Å². The van der Waals surface area contributed by atoms with Crippen molar-refractivity contribution in [2.75, 3.05) is 10.6 Å². The molecule has 7 nitrogen and oxygen atoms in total. The van der Waals surface area contributed by atoms with Crippen molar-refractivity contribution >= 4 is 34.7 Å². The summed E-state index contributed by atoms with van der Waals surface area (Å²) in [4.78, 5) is 23.1. The number of nitrogens with two attached hydrogens (primary N) is 1. The molecule has 10 heteroatoms. The second-order valence-electron chi connectivity index (χ2n) is 6.75. The van der Waals surface area contributed by atoms with Gasteiger partial charge in [-0.3, -0.25) is 0 Å². The van der Waals surface area contributed by atoms with Gasteiger partial charge in [0.15, 0.2) is 0 Å². The lowest BCUT2D eigenvalue weighted by atomic mass is 10.1. The molecule has 0 atom stereocenters. The minimum Gasteiger partial charge on any atom is -0.478 e. The van der Waals surface area contributed by atoms with Gasteiger partial charge in [-0.15, -0.1) is 0 Å². The number of nitrogens with one attached hydrogen (secondary N) is 2. The van der Waals surface area contributed by atoms with Crippen LogP contribution in [-0.4, -0.2) is 22.2 Å². The number of halogens is 3. The van der Waals surface area contributed by atoms with Gasteiger partial charge in [-0.25, -0.2) is 9.59 Å². The zero-order valence-electron chi connectivity index (χ0n) is 16.4. The molecule has 32 heavy (non-hydrogen) atoms. The minimum atomic E-state index is -4.64. The van der Waals surface area contributed by atoms with Gasteiger partial charge in [0.25, 0.3) is 0 Å². The Morgan fingerprint density at radius 1 is 0.781 bits per heavy atom. The summed E-state index contributed by atoms with van der Waals surface area (Å²) in [6.45, 7) is 0.111. The summed E-state index contributed by atoms with van der Waals surface area (Å²) in [7, 11) is 0. The maximum atomic E-state index is 13.3. The Bertz CT molecular complexity index is 1180. The highest BCUT2D eigenvalue weighted by molar-refractivity contribution is 5.98. The molecule has 3 aromatic rings. The number of carboxylic acid groups (broad SMARTS) is 2. The third-order valence-corrected chi connectivity index (χ3v) is 4.59. The molecule has 0 spiro atoms. The van der Waals surface area contributed by atoms with Gasteiger partial charge in [-0.05, 0) is 48.0 Å². The molecule has 0 amide bonds. The molecule has 0 unspecified atom stereocenters. The van der Waals surface area contributed by atoms with Gasteiger partial charge in [-0.1, -0.05) is 18.2 Å². The van der Waals surface area contributed by atoms with Crippen LogP contribution in [-0.2, 0) is 12.7 Å². The SMILES string of the molecule is NCc1ccc(Nc2ccc(C(F)(F)F)cc2Nc2ccccc2C(=O)O)c(C(=O)O)c1. The van der Waals surface area contributed by atoms with Crippen molar-refractivity contribution in [2.45, 2.75) is 12.7 Å². The summed E-state index contributed by atoms with van der Waals surface area (Å²) in [5.41, 5.74) is 5.11. The first-order valence-electron chi connectivity index (χ1n) is 9.24. The predicted octanol–water partition coefficient (Wildman–Crippen LogP) is 5.05. The van der Waals surface area contributed by atoms with Gasteiger partial charge in [0.1, 0.15) is 0 Å². The van der Waals surface area contributed by atoms with E-state index in [0.717, 1.165) is 18.2 Å². The van der Waals surface area contributed by atoms with E-state index >= 15 is 0 Å². The highest BCUT2D eigenvalue weighted by atomic mass is 19.4. The van der Waals surface area contributed by atoms with E-state index in [2.05, 4.69) is 10.6 Å². The molecule has 0 saturated carbocycles. The summed E-state index contributed by atoms with van der Waals surface area (Å²) in [5.74, 6) is -2.51. The van der Waals surface area contributed by atoms with Crippen molar-refractivity contribution in [3.63, 3.8) is 0 Å². The highest BCUT2D eigenvalue weighted by Crippen LogP contribution is 2.37. The number of aromatic carboxylic acids is 2. The van der Waals surface area contributed by atoms with Crippen molar-refractivity contribution in [1.82, 2.24) is 0 Å². The molecule has 0 bridgehead atoms. The van der Waals surface area contributed by atoms with Gasteiger partial charge in [0.05, 0.1) is 39.4 Å². The molecule has 0 aliphatic carbocycles. The van der Waals surface area contributed by atoms with Gasteiger partial charge in [0.2, 0.25) is 0 Å². The fourth-order valence-corrected chi connectivity index (χ4v) is 3.01. The molecule has 0 radical (unpaired) electrons. The molecule has 0 saturated heterocycles. The molecular formula is C22H18F3N3O4. The number of carboxylic acids is 2. The van der Waals surface area contributed by atoms with E-state index in [1.165, 1.54) is 36.4 Å². The van der Waals surface area contributed by atoms with E-state index in [1.54, 1.807) is 6.07 Å². The Morgan fingerprint density at radius 3 is 2.00 bits per heavy atom. The number of benzene rings is 3. The smallest absolute Gasteiger partial charge is 0.416 e. The number of para-hydroxylation sites is 1. The second-order valence-corrected chi connectivity index (χ2v) is 6.75. The first kappa shape index (κ1) is 22.6. The predicted molar refractivity (Wildman–Crippen MR) is 113 cm³/mol. The first-order chi connectivity index (χ1) is 15.1. The van der Waals surface area contributed by atoms with Crippen LogP contribution >= 0.6 is 0 Å². The van der Waals surface area contributed by atoms with E-state index in [-0.39, 0.29) is 40.4 Å². The number of rotatable bonds is 7. The van der Waals surface area contributed by atoms with E-state index < -0.39 is 23.7 Å². The van der Waals surface area contributed by atoms with Crippen molar-refractivity contribution in [3.8, 4) is 0 Å². The normalized spacial score (nSPS) is 11.1. The van der Waals surface area contributed by atoms with E-state index in [0.29, 0.717) is 5.56 Å². The van der Waals surface area contributed by atoms with E-state index in [1.807, 2.05) is 0 Å². The molecule has 3 rings (SSSR count). The van der Waals surface area contributed by atoms with Crippen molar-refractivity contribution in [2.24, 2.45) is 5.73 Å². The Balaban J connectivity index is 2.09. The Hall–Kier alpha value is -4.05. The maximum absolute atomic E-state index is 13.3. The lowest BCUT2D eigenvalue weighted by Crippen LogP contribution is -2.10. The maximum Gasteiger partial charge on any atom is 0.416 e. The average Bonchev–Trinajstić information content (AvgIpc) is 2.74. The van der Waals surface area contributed by atoms with Crippen LogP contribution in [0.4, 0.5) is 35.9 Å². The summed E-state index contributed by atoms with van der Waals surface area (Å²) in [6.07, 6.45) is -4.64. The van der Waals surface area contributed by atoms with Crippen molar-refractivity contribution in [3.05, 3.63) is 82.9 Å². The lowest BCUT2D eigenvalue weighted by molar-refractivity contribution is -0.137. The van der Waals surface area contributed by atoms with Crippen molar-refractivity contribution in [1.29, 1.82) is 0 Å². The van der Waals surface area contributed by atoms with Gasteiger partial charge in [0, 0.05) is 6.54 Å². The van der Waals surface area contributed by atoms with E-state index in [9.17, 15) is 33.0 Å². The average molecular weight is 445 g/mol. The fraction of sp³-hybridized carbons (Fsp3) is 0.0909. The fourth-order valence-electron chi connectivity index (χ4n) is 3.01. The largest absolute Gasteiger partial charge is 0.478 e. The van der Waals surface area contributed by atoms with Crippen LogP contribution in [0.5, 0.6) is 0 Å². The van der Waals surface area contributed by atoms with Crippen molar-refractivity contribution < 1.29 is 33.0 Å². The third kappa shape index (κ3) is 4.98.